The second-order valence-corrected chi connectivity index (χ2v) is 17.5. The summed E-state index contributed by atoms with van der Waals surface area (Å²) in [5.41, 5.74) is 14.0. The van der Waals surface area contributed by atoms with Gasteiger partial charge in [0.1, 0.15) is 0 Å². The molecule has 2 heterocycles. The fourth-order valence-corrected chi connectivity index (χ4v) is 11.8. The van der Waals surface area contributed by atoms with E-state index in [4.69, 9.17) is 0 Å². The van der Waals surface area contributed by atoms with Crippen LogP contribution >= 0.6 is 11.3 Å². The summed E-state index contributed by atoms with van der Waals surface area (Å²) in [6, 6.07) is 85.5. The van der Waals surface area contributed by atoms with Gasteiger partial charge >= 0.3 is 0 Å². The maximum absolute atomic E-state index is 2.50. The Morgan fingerprint density at radius 1 is 0.371 bits per heavy atom. The van der Waals surface area contributed by atoms with Gasteiger partial charge < -0.3 is 9.47 Å². The fraction of sp³-hybridized carbons (Fsp3) is 0.0169. The van der Waals surface area contributed by atoms with Crippen LogP contribution in [0.2, 0.25) is 0 Å². The third-order valence-electron chi connectivity index (χ3n) is 13.2. The van der Waals surface area contributed by atoms with Gasteiger partial charge in [0, 0.05) is 53.7 Å². The summed E-state index contributed by atoms with van der Waals surface area (Å²) in [4.78, 5) is 2.48. The minimum absolute atomic E-state index is 0.558. The van der Waals surface area contributed by atoms with Gasteiger partial charge in [-0.3, -0.25) is 0 Å². The average molecular weight is 807 g/mol. The van der Waals surface area contributed by atoms with Crippen LogP contribution in [0.3, 0.4) is 0 Å². The SMILES string of the molecule is c1ccc(-n2c3ccccc3c3ccc(N(c4ccc5c(c4)C(c4ccccc4)(c4ccccc4)c4ccc6ccccc6c4-5)c4ccc5c(c4)sc4ccccc45)cc32)cc1. The molecule has 0 saturated carbocycles. The van der Waals surface area contributed by atoms with Crippen molar-refractivity contribution in [3.8, 4) is 16.8 Å². The highest BCUT2D eigenvalue weighted by atomic mass is 32.1. The molecule has 0 fully saturated rings. The minimum atomic E-state index is -0.558. The lowest BCUT2D eigenvalue weighted by Gasteiger charge is -2.35. The van der Waals surface area contributed by atoms with Gasteiger partial charge in [-0.15, -0.1) is 11.3 Å². The van der Waals surface area contributed by atoms with Crippen molar-refractivity contribution in [3.05, 3.63) is 253 Å². The number of anilines is 3. The smallest absolute Gasteiger partial charge is 0.0714 e. The molecule has 0 saturated heterocycles. The monoisotopic (exact) mass is 806 g/mol. The normalized spacial score (nSPS) is 13.0. The van der Waals surface area contributed by atoms with E-state index in [2.05, 4.69) is 240 Å². The molecule has 13 rings (SSSR count). The molecule has 1 aliphatic rings. The van der Waals surface area contributed by atoms with E-state index >= 15 is 0 Å². The van der Waals surface area contributed by atoms with Gasteiger partial charge in [0.25, 0.3) is 0 Å². The number of para-hydroxylation sites is 2. The average Bonchev–Trinajstić information content (AvgIpc) is 3.98. The molecule has 0 amide bonds. The minimum Gasteiger partial charge on any atom is -0.310 e. The Morgan fingerprint density at radius 2 is 0.935 bits per heavy atom. The van der Waals surface area contributed by atoms with Crippen molar-refractivity contribution < 1.29 is 0 Å². The number of hydrogen-bond acceptors (Lipinski definition) is 2. The second kappa shape index (κ2) is 13.7. The molecule has 290 valence electrons. The quantitative estimate of drug-likeness (QED) is 0.162. The summed E-state index contributed by atoms with van der Waals surface area (Å²) in [5, 5.41) is 7.60. The lowest BCUT2D eigenvalue weighted by atomic mass is 9.67. The molecule has 0 N–H and O–H groups in total. The van der Waals surface area contributed by atoms with E-state index in [1.807, 2.05) is 11.3 Å². The van der Waals surface area contributed by atoms with Crippen LogP contribution in [-0.2, 0) is 5.41 Å². The van der Waals surface area contributed by atoms with Gasteiger partial charge in [-0.1, -0.05) is 170 Å². The van der Waals surface area contributed by atoms with Crippen molar-refractivity contribution in [2.24, 2.45) is 0 Å². The third kappa shape index (κ3) is 5.03. The first-order valence-corrected chi connectivity index (χ1v) is 22.2. The van der Waals surface area contributed by atoms with E-state index in [9.17, 15) is 0 Å². The van der Waals surface area contributed by atoms with Crippen molar-refractivity contribution in [2.45, 2.75) is 5.41 Å². The van der Waals surface area contributed by atoms with Crippen LogP contribution in [-0.4, -0.2) is 4.57 Å². The molecule has 12 aromatic rings. The van der Waals surface area contributed by atoms with Gasteiger partial charge in [0.15, 0.2) is 0 Å². The highest BCUT2D eigenvalue weighted by Gasteiger charge is 2.47. The van der Waals surface area contributed by atoms with Crippen LogP contribution in [0.15, 0.2) is 231 Å². The fourth-order valence-electron chi connectivity index (χ4n) is 10.6. The van der Waals surface area contributed by atoms with E-state index in [1.165, 1.54) is 86.1 Å². The van der Waals surface area contributed by atoms with Gasteiger partial charge in [0.2, 0.25) is 0 Å². The van der Waals surface area contributed by atoms with Crippen molar-refractivity contribution in [1.82, 2.24) is 4.57 Å². The summed E-state index contributed by atoms with van der Waals surface area (Å²) in [5.74, 6) is 0. The first kappa shape index (κ1) is 35.1. The van der Waals surface area contributed by atoms with Gasteiger partial charge in [-0.2, -0.15) is 0 Å². The summed E-state index contributed by atoms with van der Waals surface area (Å²) >= 11 is 1.87. The Kier molecular flexibility index (Phi) is 7.72. The molecule has 0 aliphatic heterocycles. The van der Waals surface area contributed by atoms with Gasteiger partial charge in [0.05, 0.1) is 16.4 Å². The maximum Gasteiger partial charge on any atom is 0.0714 e. The molecule has 62 heavy (non-hydrogen) atoms. The Morgan fingerprint density at radius 3 is 1.71 bits per heavy atom. The van der Waals surface area contributed by atoms with Crippen molar-refractivity contribution in [2.75, 3.05) is 4.90 Å². The molecular weight excluding hydrogens is 769 g/mol. The third-order valence-corrected chi connectivity index (χ3v) is 14.4. The molecule has 0 spiro atoms. The number of benzene rings is 10. The molecule has 0 radical (unpaired) electrons. The Hall–Kier alpha value is -7.72. The highest BCUT2D eigenvalue weighted by Crippen LogP contribution is 2.59. The first-order valence-electron chi connectivity index (χ1n) is 21.3. The summed E-state index contributed by atoms with van der Waals surface area (Å²) in [7, 11) is 0. The largest absolute Gasteiger partial charge is 0.310 e. The Bertz CT molecular complexity index is 3660. The number of rotatable bonds is 6. The predicted octanol–water partition coefficient (Wildman–Crippen LogP) is 16.1. The second-order valence-electron chi connectivity index (χ2n) is 16.4. The van der Waals surface area contributed by atoms with E-state index in [-0.39, 0.29) is 0 Å². The zero-order chi connectivity index (χ0) is 40.8. The zero-order valence-corrected chi connectivity index (χ0v) is 34.6. The van der Waals surface area contributed by atoms with Crippen LogP contribution in [0.25, 0.3) is 69.6 Å². The first-order chi connectivity index (χ1) is 30.8. The Balaban J connectivity index is 1.12. The molecule has 0 atom stereocenters. The Labute approximate surface area is 363 Å². The van der Waals surface area contributed by atoms with Crippen molar-refractivity contribution in [3.63, 3.8) is 0 Å². The lowest BCUT2D eigenvalue weighted by Crippen LogP contribution is -2.28. The van der Waals surface area contributed by atoms with Crippen molar-refractivity contribution in [1.29, 1.82) is 0 Å². The van der Waals surface area contributed by atoms with E-state index < -0.39 is 5.41 Å². The summed E-state index contributed by atoms with van der Waals surface area (Å²) in [6.45, 7) is 0. The molecule has 0 bridgehead atoms. The molecule has 0 unspecified atom stereocenters. The molecule has 10 aromatic carbocycles. The van der Waals surface area contributed by atoms with Crippen molar-refractivity contribution >= 4 is 81.1 Å². The molecule has 1 aliphatic carbocycles. The van der Waals surface area contributed by atoms with Crippen LogP contribution in [0.1, 0.15) is 22.3 Å². The standard InChI is InChI=1S/C59H38N2S/c1-4-17-40(18-5-1)59(41-19-6-2-7-20-41)52-35-28-39-16-10-11-23-46(39)58(52)51-34-31-43(36-53(51)59)60(45-30-33-50-49-25-13-15-27-56(49)62-57(50)38-45)44-29-32-48-47-24-12-14-26-54(47)61(55(48)37-44)42-21-8-3-9-22-42/h1-38H. The highest BCUT2D eigenvalue weighted by molar-refractivity contribution is 7.25. The van der Waals surface area contributed by atoms with Gasteiger partial charge in [-0.25, -0.2) is 0 Å². The molecular formula is C59H38N2S. The van der Waals surface area contributed by atoms with E-state index in [1.54, 1.807) is 0 Å². The number of nitrogens with zero attached hydrogens (tertiary/aromatic N) is 2. The molecule has 2 nitrogen and oxygen atoms in total. The lowest BCUT2D eigenvalue weighted by molar-refractivity contribution is 0.769. The van der Waals surface area contributed by atoms with Gasteiger partial charge in [-0.05, 0) is 105 Å². The molecule has 3 heteroatoms. The van der Waals surface area contributed by atoms with Crippen LogP contribution < -0.4 is 4.90 Å². The zero-order valence-electron chi connectivity index (χ0n) is 33.7. The number of aromatic nitrogens is 1. The summed E-state index contributed by atoms with van der Waals surface area (Å²) in [6.07, 6.45) is 0. The van der Waals surface area contributed by atoms with Crippen LogP contribution in [0, 0.1) is 0 Å². The topological polar surface area (TPSA) is 8.17 Å². The van der Waals surface area contributed by atoms with Crippen LogP contribution in [0.4, 0.5) is 17.1 Å². The van der Waals surface area contributed by atoms with E-state index in [0.717, 1.165) is 22.7 Å². The maximum atomic E-state index is 2.50. The molecule has 2 aromatic heterocycles. The predicted molar refractivity (Wildman–Crippen MR) is 263 cm³/mol. The number of thiophene rings is 1. The van der Waals surface area contributed by atoms with E-state index in [0.29, 0.717) is 0 Å². The number of fused-ring (bicyclic) bond motifs is 11. The van der Waals surface area contributed by atoms with Crippen LogP contribution in [0.5, 0.6) is 0 Å². The number of hydrogen-bond donors (Lipinski definition) is 0. The summed E-state index contributed by atoms with van der Waals surface area (Å²) < 4.78 is 5.00.